The minimum atomic E-state index is 0.128. The first-order valence-corrected chi connectivity index (χ1v) is 9.73. The molecule has 0 radical (unpaired) electrons. The van der Waals surface area contributed by atoms with Crippen molar-refractivity contribution >= 4 is 6.08 Å². The van der Waals surface area contributed by atoms with Gasteiger partial charge in [0.15, 0.2) is 0 Å². The van der Waals surface area contributed by atoms with Crippen LogP contribution in [0.25, 0.3) is 6.08 Å². The molecule has 0 aliphatic heterocycles. The van der Waals surface area contributed by atoms with Gasteiger partial charge in [0.25, 0.3) is 0 Å². The van der Waals surface area contributed by atoms with Crippen LogP contribution in [0.4, 0.5) is 0 Å². The maximum absolute atomic E-state index is 9.01. The molecule has 0 heterocycles. The summed E-state index contributed by atoms with van der Waals surface area (Å²) in [7, 11) is 0. The first kappa shape index (κ1) is 20.0. The number of hydrogen-bond acceptors (Lipinski definition) is 1. The Labute approximate surface area is 143 Å². The Kier molecular flexibility index (Phi) is 12.6. The van der Waals surface area contributed by atoms with Gasteiger partial charge >= 0.3 is 0 Å². The van der Waals surface area contributed by atoms with Crippen molar-refractivity contribution < 1.29 is 5.11 Å². The van der Waals surface area contributed by atoms with Crippen molar-refractivity contribution in [1.82, 2.24) is 0 Å². The fourth-order valence-electron chi connectivity index (χ4n) is 2.88. The number of aliphatic hydroxyl groups is 1. The molecule has 0 amide bonds. The first-order chi connectivity index (χ1) is 11.4. The van der Waals surface area contributed by atoms with Gasteiger partial charge in [-0.2, -0.15) is 0 Å². The van der Waals surface area contributed by atoms with Gasteiger partial charge in [0.05, 0.1) is 6.61 Å². The number of aliphatic hydroxyl groups excluding tert-OH is 1. The van der Waals surface area contributed by atoms with E-state index in [2.05, 4.69) is 31.2 Å². The second-order valence-corrected chi connectivity index (χ2v) is 6.63. The van der Waals surface area contributed by atoms with E-state index in [0.29, 0.717) is 0 Å². The zero-order valence-corrected chi connectivity index (χ0v) is 15.1. The summed E-state index contributed by atoms with van der Waals surface area (Å²) in [6.45, 7) is 2.41. The molecule has 130 valence electrons. The minimum Gasteiger partial charge on any atom is -0.392 e. The Bertz CT molecular complexity index is 391. The van der Waals surface area contributed by atoms with Crippen molar-refractivity contribution in [3.8, 4) is 0 Å². The minimum absolute atomic E-state index is 0.128. The molecule has 0 fully saturated rings. The van der Waals surface area contributed by atoms with Gasteiger partial charge in [0.2, 0.25) is 0 Å². The highest BCUT2D eigenvalue weighted by molar-refractivity contribution is 5.49. The maximum Gasteiger partial charge on any atom is 0.0681 e. The molecular weight excluding hydrogens is 280 g/mol. The van der Waals surface area contributed by atoms with E-state index in [1.165, 1.54) is 82.6 Å². The van der Waals surface area contributed by atoms with Gasteiger partial charge in [0.1, 0.15) is 0 Å². The standard InChI is InChI=1S/C22H36O/c1-2-3-4-5-6-7-8-9-10-11-12-13-14-15-21-16-18-22(20-23)19-17-21/h14-19,23H,2-13,20H2,1H3/b15-14+. The zero-order valence-electron chi connectivity index (χ0n) is 15.1. The molecule has 0 spiro atoms. The summed E-state index contributed by atoms with van der Waals surface area (Å²) in [4.78, 5) is 0. The number of unbranched alkanes of at least 4 members (excludes halogenated alkanes) is 11. The number of hydrogen-bond donors (Lipinski definition) is 1. The largest absolute Gasteiger partial charge is 0.392 e. The first-order valence-electron chi connectivity index (χ1n) is 9.73. The highest BCUT2D eigenvalue weighted by Crippen LogP contribution is 2.12. The van der Waals surface area contributed by atoms with Crippen LogP contribution in [0.1, 0.15) is 95.1 Å². The van der Waals surface area contributed by atoms with Gasteiger partial charge in [0, 0.05) is 0 Å². The average Bonchev–Trinajstić information content (AvgIpc) is 2.59. The highest BCUT2D eigenvalue weighted by Gasteiger charge is 1.93. The van der Waals surface area contributed by atoms with E-state index in [1.807, 2.05) is 12.1 Å². The molecular formula is C22H36O. The quantitative estimate of drug-likeness (QED) is 0.370. The van der Waals surface area contributed by atoms with E-state index in [-0.39, 0.29) is 6.61 Å². The molecule has 0 saturated carbocycles. The van der Waals surface area contributed by atoms with E-state index in [4.69, 9.17) is 5.11 Å². The molecule has 0 saturated heterocycles. The van der Waals surface area contributed by atoms with Crippen molar-refractivity contribution in [3.05, 3.63) is 41.5 Å². The Balaban J connectivity index is 1.90. The van der Waals surface area contributed by atoms with E-state index in [0.717, 1.165) is 5.56 Å². The highest BCUT2D eigenvalue weighted by atomic mass is 16.3. The van der Waals surface area contributed by atoms with Crippen molar-refractivity contribution in [1.29, 1.82) is 0 Å². The van der Waals surface area contributed by atoms with Crippen LogP contribution in [0, 0.1) is 0 Å². The van der Waals surface area contributed by atoms with Gasteiger partial charge in [-0.05, 0) is 24.0 Å². The monoisotopic (exact) mass is 316 g/mol. The van der Waals surface area contributed by atoms with E-state index >= 15 is 0 Å². The van der Waals surface area contributed by atoms with Gasteiger partial charge in [-0.1, -0.05) is 108 Å². The van der Waals surface area contributed by atoms with Gasteiger partial charge in [-0.25, -0.2) is 0 Å². The fraction of sp³-hybridized carbons (Fsp3) is 0.636. The molecule has 1 aromatic rings. The molecule has 1 heteroatoms. The predicted octanol–water partition coefficient (Wildman–Crippen LogP) is 6.89. The van der Waals surface area contributed by atoms with Crippen LogP contribution in [0.2, 0.25) is 0 Å². The molecule has 0 atom stereocenters. The molecule has 0 unspecified atom stereocenters. The second-order valence-electron chi connectivity index (χ2n) is 6.63. The summed E-state index contributed by atoms with van der Waals surface area (Å²) in [5, 5.41) is 9.01. The molecule has 0 aliphatic carbocycles. The van der Waals surface area contributed by atoms with Gasteiger partial charge in [-0.3, -0.25) is 0 Å². The van der Waals surface area contributed by atoms with Crippen LogP contribution in [-0.2, 0) is 6.61 Å². The summed E-state index contributed by atoms with van der Waals surface area (Å²) in [5.41, 5.74) is 2.21. The third-order valence-corrected chi connectivity index (χ3v) is 4.45. The molecule has 23 heavy (non-hydrogen) atoms. The average molecular weight is 317 g/mol. The van der Waals surface area contributed by atoms with Gasteiger partial charge < -0.3 is 5.11 Å². The molecule has 1 N–H and O–H groups in total. The zero-order chi connectivity index (χ0) is 16.6. The van der Waals surface area contributed by atoms with Crippen molar-refractivity contribution in [2.75, 3.05) is 0 Å². The summed E-state index contributed by atoms with van der Waals surface area (Å²) < 4.78 is 0. The summed E-state index contributed by atoms with van der Waals surface area (Å²) in [5.74, 6) is 0. The lowest BCUT2D eigenvalue weighted by Crippen LogP contribution is -1.82. The summed E-state index contributed by atoms with van der Waals surface area (Å²) >= 11 is 0. The number of benzene rings is 1. The molecule has 1 aromatic carbocycles. The van der Waals surface area contributed by atoms with E-state index in [9.17, 15) is 0 Å². The lowest BCUT2D eigenvalue weighted by molar-refractivity contribution is 0.282. The van der Waals surface area contributed by atoms with E-state index < -0.39 is 0 Å². The number of allylic oxidation sites excluding steroid dienone is 1. The molecule has 0 bridgehead atoms. The smallest absolute Gasteiger partial charge is 0.0681 e. The second kappa shape index (κ2) is 14.5. The normalized spacial score (nSPS) is 11.4. The lowest BCUT2D eigenvalue weighted by atomic mass is 10.0. The summed E-state index contributed by atoms with van der Waals surface area (Å²) in [6, 6.07) is 8.12. The van der Waals surface area contributed by atoms with Crippen LogP contribution >= 0.6 is 0 Å². The lowest BCUT2D eigenvalue weighted by Gasteiger charge is -2.01. The SMILES string of the molecule is CCCCCCCCCCCCC/C=C/c1ccc(CO)cc1. The van der Waals surface area contributed by atoms with Crippen molar-refractivity contribution in [2.45, 2.75) is 90.6 Å². The summed E-state index contributed by atoms with van der Waals surface area (Å²) in [6.07, 6.45) is 21.1. The van der Waals surface area contributed by atoms with Crippen LogP contribution in [0.15, 0.2) is 30.3 Å². The van der Waals surface area contributed by atoms with E-state index in [1.54, 1.807) is 0 Å². The Morgan fingerprint density at radius 2 is 1.26 bits per heavy atom. The Hall–Kier alpha value is -1.08. The predicted molar refractivity (Wildman–Crippen MR) is 102 cm³/mol. The van der Waals surface area contributed by atoms with Gasteiger partial charge in [-0.15, -0.1) is 0 Å². The Morgan fingerprint density at radius 1 is 0.739 bits per heavy atom. The molecule has 1 nitrogen and oxygen atoms in total. The molecule has 1 rings (SSSR count). The fourth-order valence-corrected chi connectivity index (χ4v) is 2.88. The maximum atomic E-state index is 9.01. The Morgan fingerprint density at radius 3 is 1.78 bits per heavy atom. The van der Waals surface area contributed by atoms with Crippen molar-refractivity contribution in [3.63, 3.8) is 0 Å². The molecule has 0 aliphatic rings. The third kappa shape index (κ3) is 11.1. The topological polar surface area (TPSA) is 20.2 Å². The van der Waals surface area contributed by atoms with Crippen molar-refractivity contribution in [2.24, 2.45) is 0 Å². The van der Waals surface area contributed by atoms with Crippen LogP contribution in [0.3, 0.4) is 0 Å². The van der Waals surface area contributed by atoms with Crippen LogP contribution in [0.5, 0.6) is 0 Å². The van der Waals surface area contributed by atoms with Crippen LogP contribution in [-0.4, -0.2) is 5.11 Å². The number of rotatable bonds is 14. The van der Waals surface area contributed by atoms with Crippen LogP contribution < -0.4 is 0 Å². The third-order valence-electron chi connectivity index (χ3n) is 4.45. The molecule has 0 aromatic heterocycles.